The van der Waals surface area contributed by atoms with Crippen LogP contribution in [0.3, 0.4) is 0 Å². The molecule has 66 heavy (non-hydrogen) atoms. The first-order valence-corrected chi connectivity index (χ1v) is 20.6. The number of carboxylic acid groups (broad SMARTS) is 11. The number of rotatable bonds is 11. The summed E-state index contributed by atoms with van der Waals surface area (Å²) in [6, 6.07) is 0. The van der Waals surface area contributed by atoms with Gasteiger partial charge < -0.3 is 56.2 Å². The highest BCUT2D eigenvalue weighted by Crippen LogP contribution is 1.92. The molecule has 0 aliphatic rings. The van der Waals surface area contributed by atoms with Crippen molar-refractivity contribution in [2.45, 2.75) is 152 Å². The topological polar surface area (TPSA) is 410 Å². The Kier molecular flexibility index (Phi) is 73.0. The van der Waals surface area contributed by atoms with E-state index in [0.717, 1.165) is 0 Å². The summed E-state index contributed by atoms with van der Waals surface area (Å²) in [5.74, 6) is -10.7. The average molecular weight is 969 g/mol. The smallest absolute Gasteiger partial charge is 0.305 e. The number of aliphatic carboxylic acids is 11. The second kappa shape index (κ2) is 55.3. The molecule has 0 spiro atoms. The van der Waals surface area contributed by atoms with Gasteiger partial charge >= 0.3 is 65.7 Å². The molecule has 0 aromatic carbocycles. The van der Waals surface area contributed by atoms with Crippen LogP contribution in [0.15, 0.2) is 0 Å². The molecule has 22 heteroatoms. The van der Waals surface area contributed by atoms with Crippen LogP contribution in [0, 0.1) is 65.1 Å². The highest BCUT2D eigenvalue weighted by atomic mass is 16.4. The minimum Gasteiger partial charge on any atom is -0.481 e. The van der Waals surface area contributed by atoms with E-state index in [0.29, 0.717) is 0 Å². The first-order chi connectivity index (χ1) is 29.1. The van der Waals surface area contributed by atoms with Crippen LogP contribution in [0.5, 0.6) is 0 Å². The van der Waals surface area contributed by atoms with Crippen LogP contribution in [-0.4, -0.2) is 122 Å². The third-order valence-electron chi connectivity index (χ3n) is 5.43. The Bertz CT molecular complexity index is 965. The lowest BCUT2D eigenvalue weighted by Crippen LogP contribution is -2.03. The summed E-state index contributed by atoms with van der Waals surface area (Å²) >= 11 is 0. The lowest BCUT2D eigenvalue weighted by molar-refractivity contribution is -0.141. The quantitative estimate of drug-likeness (QED) is 0.0933. The van der Waals surface area contributed by atoms with Gasteiger partial charge in [0.05, 0.1) is 65.1 Å². The average Bonchev–Trinajstić information content (AvgIpc) is 3.13. The SMILES string of the molecule is CC(C)C(=O)O.CC(C)C(=O)O.CC(C)C(=O)O.CC(C)C(=O)O.CC(C)C(=O)O.CC(C)C(=O)O.CC(C)C(=O)O.CC(C)C(=O)O.CC(C)C(=O)O.CC(C)C(=O)O.CC(C)C(=O)O. The lowest BCUT2D eigenvalue weighted by atomic mass is 10.2. The largest absolute Gasteiger partial charge is 0.481 e. The molecule has 0 rings (SSSR count). The van der Waals surface area contributed by atoms with Crippen molar-refractivity contribution >= 4 is 65.7 Å². The molecule has 11 N–H and O–H groups in total. The maximum absolute atomic E-state index is 9.70. The first kappa shape index (κ1) is 87.1. The number of carboxylic acids is 11. The molecule has 0 atom stereocenters. The summed E-state index contributed by atoms with van der Waals surface area (Å²) in [6.07, 6.45) is 0. The summed E-state index contributed by atoms with van der Waals surface area (Å²) in [4.78, 5) is 107. The van der Waals surface area contributed by atoms with Crippen molar-refractivity contribution in [2.24, 2.45) is 65.1 Å². The third-order valence-corrected chi connectivity index (χ3v) is 5.43. The summed E-state index contributed by atoms with van der Waals surface area (Å²) in [6.45, 7) is 36.1. The molecule has 0 fully saturated rings. The fraction of sp³-hybridized carbons (Fsp3) is 0.750. The molecule has 0 aromatic rings. The molecule has 0 aromatic heterocycles. The molecule has 0 unspecified atom stereocenters. The van der Waals surface area contributed by atoms with Crippen LogP contribution in [0.1, 0.15) is 152 Å². The van der Waals surface area contributed by atoms with Gasteiger partial charge in [-0.25, -0.2) is 0 Å². The summed E-state index contributed by atoms with van der Waals surface area (Å²) in [5.41, 5.74) is 0. The summed E-state index contributed by atoms with van der Waals surface area (Å²) in [7, 11) is 0. The zero-order chi connectivity index (χ0) is 56.7. The van der Waals surface area contributed by atoms with Gasteiger partial charge in [-0.15, -0.1) is 0 Å². The number of hydrogen-bond acceptors (Lipinski definition) is 11. The predicted molar refractivity (Wildman–Crippen MR) is 247 cm³/mol. The second-order valence-corrected chi connectivity index (χ2v) is 16.4. The molecule has 0 saturated carbocycles. The highest BCUT2D eigenvalue weighted by Gasteiger charge is 2.04. The van der Waals surface area contributed by atoms with Gasteiger partial charge in [-0.05, 0) is 0 Å². The van der Waals surface area contributed by atoms with E-state index in [2.05, 4.69) is 0 Å². The van der Waals surface area contributed by atoms with E-state index in [4.69, 9.17) is 56.2 Å². The molecule has 0 saturated heterocycles. The van der Waals surface area contributed by atoms with E-state index in [1.54, 1.807) is 152 Å². The molecule has 396 valence electrons. The van der Waals surface area contributed by atoms with Crippen LogP contribution in [-0.2, 0) is 52.7 Å². The second-order valence-electron chi connectivity index (χ2n) is 16.4. The normalized spacial score (nSPS) is 9.17. The minimum atomic E-state index is -0.741. The lowest BCUT2D eigenvalue weighted by Gasteiger charge is -1.89. The maximum atomic E-state index is 9.70. The van der Waals surface area contributed by atoms with Crippen molar-refractivity contribution in [3.05, 3.63) is 0 Å². The maximum Gasteiger partial charge on any atom is 0.305 e. The fourth-order valence-corrected chi connectivity index (χ4v) is 0. The molecule has 22 nitrogen and oxygen atoms in total. The Hall–Kier alpha value is -5.83. The molecular formula is C44H88O22. The standard InChI is InChI=1S/11C4H8O2/c11*1-3(2)4(5)6/h11*3H,1-2H3,(H,5,6). The van der Waals surface area contributed by atoms with Crippen LogP contribution in [0.2, 0.25) is 0 Å². The van der Waals surface area contributed by atoms with Gasteiger partial charge in [0.2, 0.25) is 0 Å². The molecule has 0 aliphatic heterocycles. The van der Waals surface area contributed by atoms with Gasteiger partial charge in [0.25, 0.3) is 0 Å². The van der Waals surface area contributed by atoms with Gasteiger partial charge in [0.1, 0.15) is 0 Å². The van der Waals surface area contributed by atoms with Gasteiger partial charge in [0.15, 0.2) is 0 Å². The van der Waals surface area contributed by atoms with E-state index < -0.39 is 65.7 Å². The molecule has 0 heterocycles. The van der Waals surface area contributed by atoms with E-state index in [1.165, 1.54) is 0 Å². The van der Waals surface area contributed by atoms with Gasteiger partial charge in [-0.2, -0.15) is 0 Å². The fourth-order valence-electron chi connectivity index (χ4n) is 0. The minimum absolute atomic E-state index is 0.231. The highest BCUT2D eigenvalue weighted by molar-refractivity contribution is 5.71. The Morgan fingerprint density at radius 1 is 0.152 bits per heavy atom. The van der Waals surface area contributed by atoms with Crippen molar-refractivity contribution in [3.63, 3.8) is 0 Å². The van der Waals surface area contributed by atoms with Crippen molar-refractivity contribution in [1.29, 1.82) is 0 Å². The van der Waals surface area contributed by atoms with E-state index in [1.807, 2.05) is 0 Å². The van der Waals surface area contributed by atoms with E-state index in [-0.39, 0.29) is 65.1 Å². The molecule has 0 radical (unpaired) electrons. The Balaban J connectivity index is -0.0000000560. The Morgan fingerprint density at radius 3 is 0.167 bits per heavy atom. The van der Waals surface area contributed by atoms with Crippen molar-refractivity contribution in [1.82, 2.24) is 0 Å². The van der Waals surface area contributed by atoms with Crippen molar-refractivity contribution in [2.75, 3.05) is 0 Å². The Morgan fingerprint density at radius 2 is 0.167 bits per heavy atom. The molecule has 0 bridgehead atoms. The van der Waals surface area contributed by atoms with Gasteiger partial charge in [-0.3, -0.25) is 52.7 Å². The molecule has 0 aliphatic carbocycles. The zero-order valence-electron chi connectivity index (χ0n) is 43.3. The van der Waals surface area contributed by atoms with Crippen LogP contribution >= 0.6 is 0 Å². The van der Waals surface area contributed by atoms with E-state index >= 15 is 0 Å². The summed E-state index contributed by atoms with van der Waals surface area (Å²) in [5, 5.41) is 87.9. The monoisotopic (exact) mass is 969 g/mol. The van der Waals surface area contributed by atoms with Crippen molar-refractivity contribution < 1.29 is 109 Å². The van der Waals surface area contributed by atoms with E-state index in [9.17, 15) is 52.7 Å². The predicted octanol–water partition coefficient (Wildman–Crippen LogP) is 8.00. The summed E-state index contributed by atoms with van der Waals surface area (Å²) < 4.78 is 0. The van der Waals surface area contributed by atoms with Gasteiger partial charge in [0, 0.05) is 0 Å². The molecule has 0 amide bonds. The number of carbonyl (C=O) groups is 11. The van der Waals surface area contributed by atoms with Crippen LogP contribution in [0.4, 0.5) is 0 Å². The van der Waals surface area contributed by atoms with Crippen LogP contribution < -0.4 is 0 Å². The van der Waals surface area contributed by atoms with Crippen molar-refractivity contribution in [3.8, 4) is 0 Å². The number of hydrogen-bond donors (Lipinski definition) is 11. The zero-order valence-corrected chi connectivity index (χ0v) is 43.3. The first-order valence-electron chi connectivity index (χ1n) is 20.6. The van der Waals surface area contributed by atoms with Gasteiger partial charge in [-0.1, -0.05) is 152 Å². The Labute approximate surface area is 391 Å². The third kappa shape index (κ3) is 130. The van der Waals surface area contributed by atoms with Crippen LogP contribution in [0.25, 0.3) is 0 Å². The molecular weight excluding hydrogens is 880 g/mol.